The number of nitrogens with zero attached hydrogens (tertiary/aromatic N) is 4. The van der Waals surface area contributed by atoms with Gasteiger partial charge in [-0.2, -0.15) is 0 Å². The van der Waals surface area contributed by atoms with Gasteiger partial charge in [-0.15, -0.1) is 24.0 Å². The predicted octanol–water partition coefficient (Wildman–Crippen LogP) is 2.50. The standard InChI is InChI=1S/C24H32N6O2.HI/c1-18-8-9-22(27-14-18)28-23(31)10-11-26-24(25-2)30-16-20-21(17-30)32-13-12-29(20)15-19-6-4-3-5-7-19;/h3-9,14,20-21H,10-13,15-17H2,1-2H3,(H,25,26)(H,27,28,31);1H. The van der Waals surface area contributed by atoms with Gasteiger partial charge < -0.3 is 20.3 Å². The van der Waals surface area contributed by atoms with E-state index in [1.54, 1.807) is 13.2 Å². The molecule has 2 unspecified atom stereocenters. The number of carbonyl (C=O) groups excluding carboxylic acids is 1. The van der Waals surface area contributed by atoms with Crippen LogP contribution >= 0.6 is 24.0 Å². The number of pyridine rings is 1. The van der Waals surface area contributed by atoms with Gasteiger partial charge in [0.2, 0.25) is 5.91 Å². The van der Waals surface area contributed by atoms with Gasteiger partial charge in [-0.1, -0.05) is 36.4 Å². The number of amides is 1. The number of aliphatic imine (C=N–C) groups is 1. The number of nitrogens with one attached hydrogen (secondary N) is 2. The molecule has 0 saturated carbocycles. The van der Waals surface area contributed by atoms with Gasteiger partial charge in [-0.3, -0.25) is 14.7 Å². The maximum atomic E-state index is 12.2. The Bertz CT molecular complexity index is 924. The van der Waals surface area contributed by atoms with Gasteiger partial charge in [0.15, 0.2) is 5.96 Å². The summed E-state index contributed by atoms with van der Waals surface area (Å²) in [6.07, 6.45) is 2.25. The Morgan fingerprint density at radius 3 is 2.76 bits per heavy atom. The van der Waals surface area contributed by atoms with Crippen molar-refractivity contribution in [1.82, 2.24) is 20.1 Å². The Morgan fingerprint density at radius 1 is 1.21 bits per heavy atom. The molecule has 2 fully saturated rings. The van der Waals surface area contributed by atoms with Crippen LogP contribution in [0.15, 0.2) is 53.7 Å². The third-order valence-electron chi connectivity index (χ3n) is 5.97. The Balaban J connectivity index is 0.00000306. The smallest absolute Gasteiger partial charge is 0.227 e. The molecule has 0 aliphatic carbocycles. The van der Waals surface area contributed by atoms with E-state index in [0.717, 1.165) is 44.3 Å². The fourth-order valence-electron chi connectivity index (χ4n) is 4.31. The molecule has 8 nitrogen and oxygen atoms in total. The zero-order valence-corrected chi connectivity index (χ0v) is 21.6. The van der Waals surface area contributed by atoms with Crippen molar-refractivity contribution < 1.29 is 9.53 Å². The van der Waals surface area contributed by atoms with E-state index < -0.39 is 0 Å². The normalized spacial score (nSPS) is 20.7. The van der Waals surface area contributed by atoms with Crippen molar-refractivity contribution in [2.45, 2.75) is 32.0 Å². The first-order valence-electron chi connectivity index (χ1n) is 11.2. The summed E-state index contributed by atoms with van der Waals surface area (Å²) in [5.74, 6) is 1.31. The Kier molecular flexibility index (Phi) is 9.45. The molecule has 33 heavy (non-hydrogen) atoms. The minimum absolute atomic E-state index is 0. The molecule has 3 heterocycles. The van der Waals surface area contributed by atoms with Crippen LogP contribution in [0.5, 0.6) is 0 Å². The molecule has 2 aliphatic rings. The van der Waals surface area contributed by atoms with Crippen LogP contribution in [-0.4, -0.2) is 78.6 Å². The lowest BCUT2D eigenvalue weighted by molar-refractivity contribution is -0.116. The van der Waals surface area contributed by atoms with Crippen LogP contribution in [0.3, 0.4) is 0 Å². The maximum Gasteiger partial charge on any atom is 0.227 e. The molecule has 2 N–H and O–H groups in total. The maximum absolute atomic E-state index is 12.2. The Labute approximate surface area is 212 Å². The molecule has 2 aliphatic heterocycles. The van der Waals surface area contributed by atoms with Crippen LogP contribution in [0, 0.1) is 6.92 Å². The third-order valence-corrected chi connectivity index (χ3v) is 5.97. The number of anilines is 1. The average Bonchev–Trinajstić information content (AvgIpc) is 3.24. The molecule has 1 amide bonds. The highest BCUT2D eigenvalue weighted by molar-refractivity contribution is 14.0. The number of rotatable bonds is 6. The molecule has 1 aromatic heterocycles. The average molecular weight is 564 g/mol. The molecule has 2 atom stereocenters. The second kappa shape index (κ2) is 12.3. The van der Waals surface area contributed by atoms with Crippen molar-refractivity contribution in [3.63, 3.8) is 0 Å². The second-order valence-corrected chi connectivity index (χ2v) is 8.33. The van der Waals surface area contributed by atoms with Gasteiger partial charge in [-0.25, -0.2) is 4.98 Å². The van der Waals surface area contributed by atoms with Gasteiger partial charge in [-0.05, 0) is 24.1 Å². The molecule has 1 aromatic carbocycles. The number of hydrogen-bond acceptors (Lipinski definition) is 5. The quantitative estimate of drug-likeness (QED) is 0.319. The van der Waals surface area contributed by atoms with Crippen molar-refractivity contribution in [3.05, 3.63) is 59.8 Å². The summed E-state index contributed by atoms with van der Waals surface area (Å²) in [5.41, 5.74) is 2.38. The van der Waals surface area contributed by atoms with Gasteiger partial charge in [0.1, 0.15) is 5.82 Å². The third kappa shape index (κ3) is 6.87. The van der Waals surface area contributed by atoms with E-state index in [-0.39, 0.29) is 36.0 Å². The summed E-state index contributed by atoms with van der Waals surface area (Å²) in [4.78, 5) is 25.6. The minimum Gasteiger partial charge on any atom is -0.373 e. The van der Waals surface area contributed by atoms with E-state index in [0.29, 0.717) is 24.8 Å². The highest BCUT2D eigenvalue weighted by Crippen LogP contribution is 2.24. The van der Waals surface area contributed by atoms with Crippen molar-refractivity contribution in [2.75, 3.05) is 45.2 Å². The molecule has 0 radical (unpaired) electrons. The summed E-state index contributed by atoms with van der Waals surface area (Å²) in [5, 5.41) is 6.16. The van der Waals surface area contributed by atoms with Crippen LogP contribution < -0.4 is 10.6 Å². The summed E-state index contributed by atoms with van der Waals surface area (Å²) >= 11 is 0. The van der Waals surface area contributed by atoms with Gasteiger partial charge in [0.25, 0.3) is 0 Å². The SMILES string of the molecule is CN=C(NCCC(=O)Nc1ccc(C)cn1)N1CC2OCCN(Cc3ccccc3)C2C1.I. The first-order chi connectivity index (χ1) is 15.6. The molecule has 2 aromatic rings. The number of aromatic nitrogens is 1. The van der Waals surface area contributed by atoms with Gasteiger partial charge in [0, 0.05) is 52.4 Å². The molecule has 0 spiro atoms. The van der Waals surface area contributed by atoms with Crippen LogP contribution in [0.2, 0.25) is 0 Å². The van der Waals surface area contributed by atoms with E-state index in [9.17, 15) is 4.79 Å². The number of benzene rings is 1. The molecule has 4 rings (SSSR count). The number of carbonyl (C=O) groups is 1. The first-order valence-corrected chi connectivity index (χ1v) is 11.2. The molecule has 2 saturated heterocycles. The number of likely N-dealkylation sites (tertiary alicyclic amines) is 1. The summed E-state index contributed by atoms with van der Waals surface area (Å²) < 4.78 is 6.08. The fourth-order valence-corrected chi connectivity index (χ4v) is 4.31. The highest BCUT2D eigenvalue weighted by atomic mass is 127. The Morgan fingerprint density at radius 2 is 2.03 bits per heavy atom. The lowest BCUT2D eigenvalue weighted by atomic mass is 10.1. The van der Waals surface area contributed by atoms with E-state index in [1.807, 2.05) is 19.1 Å². The van der Waals surface area contributed by atoms with Crippen LogP contribution in [0.4, 0.5) is 5.82 Å². The number of aryl methyl sites for hydroxylation is 1. The van der Waals surface area contributed by atoms with Crippen molar-refractivity contribution in [1.29, 1.82) is 0 Å². The zero-order valence-electron chi connectivity index (χ0n) is 19.2. The summed E-state index contributed by atoms with van der Waals surface area (Å²) in [7, 11) is 1.78. The Hall–Kier alpha value is -2.24. The van der Waals surface area contributed by atoms with Crippen molar-refractivity contribution in [2.24, 2.45) is 4.99 Å². The molecule has 9 heteroatoms. The number of hydrogen-bond donors (Lipinski definition) is 2. The van der Waals surface area contributed by atoms with Crippen molar-refractivity contribution in [3.8, 4) is 0 Å². The molecular weight excluding hydrogens is 531 g/mol. The lowest BCUT2D eigenvalue weighted by Gasteiger charge is -2.36. The first kappa shape index (κ1) is 25.4. The molecule has 178 valence electrons. The van der Waals surface area contributed by atoms with E-state index in [1.165, 1.54) is 5.56 Å². The van der Waals surface area contributed by atoms with E-state index in [2.05, 4.69) is 60.7 Å². The minimum atomic E-state index is -0.0724. The number of ether oxygens (including phenoxy) is 1. The van der Waals surface area contributed by atoms with Crippen LogP contribution in [-0.2, 0) is 16.1 Å². The van der Waals surface area contributed by atoms with Gasteiger partial charge in [0.05, 0.1) is 18.8 Å². The number of morpholine rings is 1. The highest BCUT2D eigenvalue weighted by Gasteiger charge is 2.41. The summed E-state index contributed by atoms with van der Waals surface area (Å²) in [6.45, 7) is 6.74. The number of guanidine groups is 1. The van der Waals surface area contributed by atoms with E-state index in [4.69, 9.17) is 4.74 Å². The number of halogens is 1. The molecule has 0 bridgehead atoms. The predicted molar refractivity (Wildman–Crippen MR) is 141 cm³/mol. The van der Waals surface area contributed by atoms with E-state index >= 15 is 0 Å². The monoisotopic (exact) mass is 564 g/mol. The van der Waals surface area contributed by atoms with Crippen LogP contribution in [0.25, 0.3) is 0 Å². The summed E-state index contributed by atoms with van der Waals surface area (Å²) in [6, 6.07) is 14.7. The van der Waals surface area contributed by atoms with Crippen molar-refractivity contribution >= 4 is 41.7 Å². The fraction of sp³-hybridized carbons (Fsp3) is 0.458. The van der Waals surface area contributed by atoms with Crippen LogP contribution in [0.1, 0.15) is 17.5 Å². The zero-order chi connectivity index (χ0) is 22.3. The van der Waals surface area contributed by atoms with Gasteiger partial charge >= 0.3 is 0 Å². The molecular formula is C24H33IN6O2. The number of fused-ring (bicyclic) bond motifs is 1. The largest absolute Gasteiger partial charge is 0.373 e. The second-order valence-electron chi connectivity index (χ2n) is 8.33. The lowest BCUT2D eigenvalue weighted by Crippen LogP contribution is -2.50. The topological polar surface area (TPSA) is 82.1 Å².